The first kappa shape index (κ1) is 17.0. The van der Waals surface area contributed by atoms with Crippen LogP contribution in [-0.4, -0.2) is 55.8 Å². The van der Waals surface area contributed by atoms with Gasteiger partial charge in [-0.15, -0.1) is 0 Å². The number of amides is 2. The van der Waals surface area contributed by atoms with E-state index in [2.05, 4.69) is 5.32 Å². The molecule has 2 heterocycles. The van der Waals surface area contributed by atoms with Crippen molar-refractivity contribution < 1.29 is 18.0 Å². The standard InChI is InChI=1S/C17H22N2O4S/c20-16(18-15-8-11-24(22,23)12-15)13-4-6-14(7-5-13)17(21)19-9-2-1-3-10-19/h4-7,15H,1-3,8-12H2,(H,18,20). The number of nitrogens with zero attached hydrogens (tertiary/aromatic N) is 1. The summed E-state index contributed by atoms with van der Waals surface area (Å²) in [5.74, 6) is -0.163. The zero-order valence-electron chi connectivity index (χ0n) is 13.5. The molecule has 3 rings (SSSR count). The summed E-state index contributed by atoms with van der Waals surface area (Å²) in [6, 6.07) is 6.25. The molecule has 0 saturated carbocycles. The molecule has 0 radical (unpaired) electrons. The fraction of sp³-hybridized carbons (Fsp3) is 0.529. The van der Waals surface area contributed by atoms with Crippen molar-refractivity contribution in [3.63, 3.8) is 0 Å². The molecule has 7 heteroatoms. The molecule has 1 atom stereocenters. The number of sulfone groups is 1. The normalized spacial score (nSPS) is 23.0. The molecule has 1 unspecified atom stereocenters. The van der Waals surface area contributed by atoms with Crippen LogP contribution in [0.15, 0.2) is 24.3 Å². The van der Waals surface area contributed by atoms with Gasteiger partial charge >= 0.3 is 0 Å². The second kappa shape index (κ2) is 6.93. The molecule has 0 spiro atoms. The number of piperidine rings is 1. The van der Waals surface area contributed by atoms with Crippen molar-refractivity contribution in [2.24, 2.45) is 0 Å². The van der Waals surface area contributed by atoms with Crippen LogP contribution in [0.25, 0.3) is 0 Å². The Morgan fingerprint density at radius 3 is 2.21 bits per heavy atom. The van der Waals surface area contributed by atoms with Gasteiger partial charge in [-0.2, -0.15) is 0 Å². The van der Waals surface area contributed by atoms with Crippen LogP contribution in [-0.2, 0) is 9.84 Å². The molecule has 0 aliphatic carbocycles. The van der Waals surface area contributed by atoms with Gasteiger partial charge in [0, 0.05) is 30.3 Å². The third-order valence-corrected chi connectivity index (χ3v) is 6.37. The largest absolute Gasteiger partial charge is 0.348 e. The maximum Gasteiger partial charge on any atom is 0.253 e. The number of nitrogens with one attached hydrogen (secondary N) is 1. The zero-order valence-corrected chi connectivity index (χ0v) is 14.3. The van der Waals surface area contributed by atoms with E-state index >= 15 is 0 Å². The van der Waals surface area contributed by atoms with Crippen molar-refractivity contribution in [1.82, 2.24) is 10.2 Å². The SMILES string of the molecule is O=C(NC1CCS(=O)(=O)C1)c1ccc(C(=O)N2CCCCC2)cc1. The first-order valence-corrected chi connectivity index (χ1v) is 10.2. The summed E-state index contributed by atoms with van der Waals surface area (Å²) in [6.45, 7) is 1.58. The lowest BCUT2D eigenvalue weighted by atomic mass is 10.1. The van der Waals surface area contributed by atoms with Gasteiger partial charge in [0.15, 0.2) is 9.84 Å². The van der Waals surface area contributed by atoms with Crippen LogP contribution >= 0.6 is 0 Å². The Morgan fingerprint density at radius 1 is 1.00 bits per heavy atom. The number of benzene rings is 1. The summed E-state index contributed by atoms with van der Waals surface area (Å²) < 4.78 is 22.9. The molecule has 1 aromatic rings. The van der Waals surface area contributed by atoms with Crippen molar-refractivity contribution in [3.8, 4) is 0 Å². The second-order valence-corrected chi connectivity index (χ2v) is 8.73. The van der Waals surface area contributed by atoms with Crippen LogP contribution in [0, 0.1) is 0 Å². The van der Waals surface area contributed by atoms with Crippen molar-refractivity contribution in [1.29, 1.82) is 0 Å². The zero-order chi connectivity index (χ0) is 17.2. The summed E-state index contributed by atoms with van der Waals surface area (Å²) in [7, 11) is -3.02. The predicted octanol–water partition coefficient (Wildman–Crippen LogP) is 1.23. The summed E-state index contributed by atoms with van der Waals surface area (Å²) in [5.41, 5.74) is 1.02. The van der Waals surface area contributed by atoms with E-state index in [4.69, 9.17) is 0 Å². The van der Waals surface area contributed by atoms with Crippen LogP contribution in [0.5, 0.6) is 0 Å². The van der Waals surface area contributed by atoms with Gasteiger partial charge < -0.3 is 10.2 Å². The van der Waals surface area contributed by atoms with Crippen LogP contribution in [0.1, 0.15) is 46.4 Å². The lowest BCUT2D eigenvalue weighted by Crippen LogP contribution is -2.36. The minimum Gasteiger partial charge on any atom is -0.348 e. The maximum absolute atomic E-state index is 12.4. The molecule has 1 aromatic carbocycles. The summed E-state index contributed by atoms with van der Waals surface area (Å²) in [5, 5.41) is 2.75. The van der Waals surface area contributed by atoms with Gasteiger partial charge in [-0.3, -0.25) is 9.59 Å². The fourth-order valence-electron chi connectivity index (χ4n) is 3.22. The highest BCUT2D eigenvalue weighted by molar-refractivity contribution is 7.91. The van der Waals surface area contributed by atoms with Gasteiger partial charge in [-0.25, -0.2) is 8.42 Å². The number of hydrogen-bond acceptors (Lipinski definition) is 4. The predicted molar refractivity (Wildman–Crippen MR) is 90.7 cm³/mol. The third kappa shape index (κ3) is 3.95. The molecular weight excluding hydrogens is 328 g/mol. The van der Waals surface area contributed by atoms with Crippen LogP contribution in [0.3, 0.4) is 0 Å². The number of rotatable bonds is 3. The minimum atomic E-state index is -3.02. The fourth-order valence-corrected chi connectivity index (χ4v) is 4.89. The Bertz CT molecular complexity index is 721. The molecule has 6 nitrogen and oxygen atoms in total. The molecule has 2 aliphatic heterocycles. The van der Waals surface area contributed by atoms with Gasteiger partial charge in [0.25, 0.3) is 11.8 Å². The quantitative estimate of drug-likeness (QED) is 0.889. The molecule has 2 fully saturated rings. The topological polar surface area (TPSA) is 83.5 Å². The molecule has 2 aliphatic rings. The second-order valence-electron chi connectivity index (χ2n) is 6.50. The van der Waals surface area contributed by atoms with E-state index in [0.29, 0.717) is 17.5 Å². The lowest BCUT2D eigenvalue weighted by molar-refractivity contribution is 0.0723. The molecule has 2 saturated heterocycles. The number of likely N-dealkylation sites (tertiary alicyclic amines) is 1. The molecule has 2 amide bonds. The van der Waals surface area contributed by atoms with E-state index in [9.17, 15) is 18.0 Å². The van der Waals surface area contributed by atoms with Crippen molar-refractivity contribution >= 4 is 21.7 Å². The summed E-state index contributed by atoms with van der Waals surface area (Å²) in [4.78, 5) is 26.4. The smallest absolute Gasteiger partial charge is 0.253 e. The molecular formula is C17H22N2O4S. The molecule has 1 N–H and O–H groups in total. The van der Waals surface area contributed by atoms with Gasteiger partial charge in [0.05, 0.1) is 11.5 Å². The molecule has 24 heavy (non-hydrogen) atoms. The molecule has 0 aromatic heterocycles. The van der Waals surface area contributed by atoms with E-state index in [1.807, 2.05) is 4.90 Å². The minimum absolute atomic E-state index is 0.00328. The Balaban J connectivity index is 1.61. The average Bonchev–Trinajstić information content (AvgIpc) is 2.93. The average molecular weight is 350 g/mol. The molecule has 130 valence electrons. The van der Waals surface area contributed by atoms with Crippen LogP contribution in [0.2, 0.25) is 0 Å². The first-order valence-electron chi connectivity index (χ1n) is 8.35. The highest BCUT2D eigenvalue weighted by Gasteiger charge is 2.29. The van der Waals surface area contributed by atoms with E-state index < -0.39 is 9.84 Å². The van der Waals surface area contributed by atoms with Gasteiger partial charge in [0.2, 0.25) is 0 Å². The van der Waals surface area contributed by atoms with Crippen molar-refractivity contribution in [2.45, 2.75) is 31.7 Å². The van der Waals surface area contributed by atoms with Crippen molar-refractivity contribution in [2.75, 3.05) is 24.6 Å². The highest BCUT2D eigenvalue weighted by Crippen LogP contribution is 2.15. The molecule has 0 bridgehead atoms. The van der Waals surface area contributed by atoms with Crippen LogP contribution in [0.4, 0.5) is 0 Å². The van der Waals surface area contributed by atoms with Gasteiger partial charge in [0.1, 0.15) is 0 Å². The van der Waals surface area contributed by atoms with Crippen molar-refractivity contribution in [3.05, 3.63) is 35.4 Å². The first-order chi connectivity index (χ1) is 11.4. The highest BCUT2D eigenvalue weighted by atomic mass is 32.2. The van der Waals surface area contributed by atoms with E-state index in [1.165, 1.54) is 6.42 Å². The Kier molecular flexibility index (Phi) is 4.89. The summed E-state index contributed by atoms with van der Waals surface area (Å²) in [6.07, 6.45) is 3.70. The third-order valence-electron chi connectivity index (χ3n) is 4.60. The van der Waals surface area contributed by atoms with Gasteiger partial charge in [-0.1, -0.05) is 0 Å². The lowest BCUT2D eigenvalue weighted by Gasteiger charge is -2.26. The Hall–Kier alpha value is -1.89. The van der Waals surface area contributed by atoms with E-state index in [0.717, 1.165) is 25.9 Å². The van der Waals surface area contributed by atoms with E-state index in [1.54, 1.807) is 24.3 Å². The van der Waals surface area contributed by atoms with Gasteiger partial charge in [-0.05, 0) is 49.9 Å². The summed E-state index contributed by atoms with van der Waals surface area (Å²) >= 11 is 0. The Morgan fingerprint density at radius 2 is 1.62 bits per heavy atom. The number of hydrogen-bond donors (Lipinski definition) is 1. The van der Waals surface area contributed by atoms with Crippen LogP contribution < -0.4 is 5.32 Å². The maximum atomic E-state index is 12.4. The van der Waals surface area contributed by atoms with E-state index in [-0.39, 0.29) is 29.4 Å². The number of carbonyl (C=O) groups is 2. The number of carbonyl (C=O) groups excluding carboxylic acids is 2. The monoisotopic (exact) mass is 350 g/mol. The Labute approximate surface area is 142 Å².